The van der Waals surface area contributed by atoms with Crippen molar-refractivity contribution in [2.45, 2.75) is 6.92 Å². The standard InChI is InChI=1S/C21H15BrN2O5S/c1-2-27-21(26)17-14(12-5-7-13(22)8-6-12)11-30-19(17)23-10-15-20(25)29-18(24-15)16-4-3-9-28-16/h3-11,25H,2H2,1H3. The van der Waals surface area contributed by atoms with Gasteiger partial charge >= 0.3 is 11.9 Å². The van der Waals surface area contributed by atoms with E-state index in [-0.39, 0.29) is 18.2 Å². The van der Waals surface area contributed by atoms with Crippen LogP contribution in [0.3, 0.4) is 0 Å². The minimum absolute atomic E-state index is 0.120. The molecule has 4 rings (SSSR count). The molecule has 0 spiro atoms. The molecule has 0 saturated heterocycles. The molecule has 1 aromatic carbocycles. The largest absolute Gasteiger partial charge is 0.479 e. The van der Waals surface area contributed by atoms with Gasteiger partial charge in [0.15, 0.2) is 11.5 Å². The Kier molecular flexibility index (Phi) is 5.82. The summed E-state index contributed by atoms with van der Waals surface area (Å²) in [6.45, 7) is 1.99. The van der Waals surface area contributed by atoms with Crippen LogP contribution in [-0.2, 0) is 4.74 Å². The zero-order valence-electron chi connectivity index (χ0n) is 15.7. The number of esters is 1. The van der Waals surface area contributed by atoms with Gasteiger partial charge in [0, 0.05) is 15.4 Å². The minimum atomic E-state index is -0.468. The number of benzene rings is 1. The summed E-state index contributed by atoms with van der Waals surface area (Å²) < 4.78 is 16.6. The summed E-state index contributed by atoms with van der Waals surface area (Å²) in [5, 5.41) is 12.3. The molecule has 1 N–H and O–H groups in total. The lowest BCUT2D eigenvalue weighted by Gasteiger charge is -2.05. The van der Waals surface area contributed by atoms with Crippen LogP contribution in [-0.4, -0.2) is 28.9 Å². The van der Waals surface area contributed by atoms with E-state index in [1.807, 2.05) is 29.6 Å². The molecule has 0 bridgehead atoms. The first-order valence-corrected chi connectivity index (χ1v) is 10.6. The van der Waals surface area contributed by atoms with Crippen LogP contribution in [0.25, 0.3) is 22.8 Å². The number of thiophene rings is 1. The number of aromatic hydroxyl groups is 1. The Hall–Kier alpha value is -3.17. The Morgan fingerprint density at radius 1 is 1.33 bits per heavy atom. The summed E-state index contributed by atoms with van der Waals surface area (Å²) in [5.41, 5.74) is 2.06. The highest BCUT2D eigenvalue weighted by Crippen LogP contribution is 2.38. The van der Waals surface area contributed by atoms with Crippen molar-refractivity contribution in [3.63, 3.8) is 0 Å². The fourth-order valence-corrected chi connectivity index (χ4v) is 3.89. The average Bonchev–Trinajstić information content (AvgIpc) is 3.47. The minimum Gasteiger partial charge on any atom is -0.479 e. The van der Waals surface area contributed by atoms with Crippen molar-refractivity contribution >= 4 is 44.5 Å². The van der Waals surface area contributed by atoms with Crippen molar-refractivity contribution < 1.29 is 23.5 Å². The number of nitrogens with zero attached hydrogens (tertiary/aromatic N) is 2. The zero-order chi connectivity index (χ0) is 21.1. The molecular weight excluding hydrogens is 472 g/mol. The number of aliphatic imine (C=N–C) groups is 1. The van der Waals surface area contributed by atoms with Crippen LogP contribution in [0.5, 0.6) is 5.95 Å². The van der Waals surface area contributed by atoms with Crippen LogP contribution in [0.1, 0.15) is 23.0 Å². The molecule has 30 heavy (non-hydrogen) atoms. The highest BCUT2D eigenvalue weighted by atomic mass is 79.9. The maximum absolute atomic E-state index is 12.6. The molecular formula is C21H15BrN2O5S. The van der Waals surface area contributed by atoms with Gasteiger partial charge in [0.05, 0.1) is 19.1 Å². The second kappa shape index (κ2) is 8.68. The van der Waals surface area contributed by atoms with Crippen molar-refractivity contribution in [2.75, 3.05) is 6.61 Å². The number of furan rings is 1. The van der Waals surface area contributed by atoms with Gasteiger partial charge in [-0.25, -0.2) is 14.8 Å². The fraction of sp³-hybridized carbons (Fsp3) is 0.0952. The predicted octanol–water partition coefficient (Wildman–Crippen LogP) is 6.06. The van der Waals surface area contributed by atoms with E-state index in [1.54, 1.807) is 19.1 Å². The van der Waals surface area contributed by atoms with Crippen LogP contribution >= 0.6 is 27.3 Å². The number of carbonyl (C=O) groups excluding carboxylic acids is 1. The highest BCUT2D eigenvalue weighted by Gasteiger charge is 2.22. The quantitative estimate of drug-likeness (QED) is 0.262. The predicted molar refractivity (Wildman–Crippen MR) is 117 cm³/mol. The first-order valence-electron chi connectivity index (χ1n) is 8.89. The lowest BCUT2D eigenvalue weighted by molar-refractivity contribution is 0.0529. The summed E-state index contributed by atoms with van der Waals surface area (Å²) in [4.78, 5) is 21.2. The van der Waals surface area contributed by atoms with E-state index in [0.717, 1.165) is 15.6 Å². The van der Waals surface area contributed by atoms with Crippen molar-refractivity contribution in [2.24, 2.45) is 4.99 Å². The number of ether oxygens (including phenoxy) is 1. The third-order valence-corrected chi connectivity index (χ3v) is 5.49. The van der Waals surface area contributed by atoms with Gasteiger partial charge in [-0.1, -0.05) is 28.1 Å². The number of halogens is 1. The lowest BCUT2D eigenvalue weighted by Crippen LogP contribution is -2.05. The van der Waals surface area contributed by atoms with E-state index in [0.29, 0.717) is 16.3 Å². The van der Waals surface area contributed by atoms with E-state index in [4.69, 9.17) is 13.6 Å². The molecule has 3 aromatic heterocycles. The van der Waals surface area contributed by atoms with Gasteiger partial charge in [-0.3, -0.25) is 0 Å². The average molecular weight is 487 g/mol. The molecule has 0 atom stereocenters. The van der Waals surface area contributed by atoms with Crippen molar-refractivity contribution in [1.82, 2.24) is 4.98 Å². The number of aromatic nitrogens is 1. The van der Waals surface area contributed by atoms with Gasteiger partial charge < -0.3 is 18.7 Å². The maximum atomic E-state index is 12.6. The highest BCUT2D eigenvalue weighted by molar-refractivity contribution is 9.10. The summed E-state index contributed by atoms with van der Waals surface area (Å²) in [5.74, 6) is -0.353. The number of rotatable bonds is 6. The van der Waals surface area contributed by atoms with Gasteiger partial charge in [-0.15, -0.1) is 11.3 Å². The van der Waals surface area contributed by atoms with E-state index in [9.17, 15) is 9.90 Å². The smallest absolute Gasteiger partial charge is 0.341 e. The summed E-state index contributed by atoms with van der Waals surface area (Å²) in [6, 6.07) is 11.0. The zero-order valence-corrected chi connectivity index (χ0v) is 18.1. The topological polar surface area (TPSA) is 98.1 Å². The van der Waals surface area contributed by atoms with Crippen LogP contribution in [0.2, 0.25) is 0 Å². The second-order valence-electron chi connectivity index (χ2n) is 6.00. The maximum Gasteiger partial charge on any atom is 0.341 e. The van der Waals surface area contributed by atoms with E-state index >= 15 is 0 Å². The van der Waals surface area contributed by atoms with Crippen molar-refractivity contribution in [1.29, 1.82) is 0 Å². The van der Waals surface area contributed by atoms with Crippen LogP contribution in [0.4, 0.5) is 5.00 Å². The lowest BCUT2D eigenvalue weighted by atomic mass is 10.0. The summed E-state index contributed by atoms with van der Waals surface area (Å²) in [6.07, 6.45) is 2.82. The van der Waals surface area contributed by atoms with Gasteiger partial charge in [0.2, 0.25) is 0 Å². The van der Waals surface area contributed by atoms with E-state index < -0.39 is 11.9 Å². The molecule has 152 valence electrons. The fourth-order valence-electron chi connectivity index (χ4n) is 2.72. The number of oxazole rings is 1. The third kappa shape index (κ3) is 4.07. The first kappa shape index (κ1) is 20.1. The van der Waals surface area contributed by atoms with Crippen LogP contribution in [0, 0.1) is 0 Å². The molecule has 0 amide bonds. The van der Waals surface area contributed by atoms with E-state index in [2.05, 4.69) is 25.9 Å². The molecule has 0 saturated carbocycles. The van der Waals surface area contributed by atoms with Gasteiger partial charge in [0.1, 0.15) is 10.6 Å². The molecule has 0 aliphatic carbocycles. The molecule has 0 fully saturated rings. The molecule has 0 aliphatic rings. The van der Waals surface area contributed by atoms with Crippen LogP contribution < -0.4 is 0 Å². The van der Waals surface area contributed by atoms with Crippen LogP contribution in [0.15, 0.2) is 66.3 Å². The molecule has 0 aliphatic heterocycles. The third-order valence-electron chi connectivity index (χ3n) is 4.08. The van der Waals surface area contributed by atoms with Gasteiger partial charge in [0.25, 0.3) is 5.89 Å². The second-order valence-corrected chi connectivity index (χ2v) is 7.78. The van der Waals surface area contributed by atoms with Gasteiger partial charge in [-0.05, 0) is 36.8 Å². The first-order chi connectivity index (χ1) is 14.6. The molecule has 3 heterocycles. The molecule has 0 unspecified atom stereocenters. The Morgan fingerprint density at radius 3 is 2.83 bits per heavy atom. The Bertz CT molecular complexity index is 1190. The van der Waals surface area contributed by atoms with Crippen molar-refractivity contribution in [3.05, 3.63) is 63.8 Å². The molecule has 0 radical (unpaired) electrons. The Morgan fingerprint density at radius 2 is 2.13 bits per heavy atom. The molecule has 9 heteroatoms. The summed E-state index contributed by atoms with van der Waals surface area (Å²) in [7, 11) is 0. The molecule has 7 nitrogen and oxygen atoms in total. The SMILES string of the molecule is CCOC(=O)c1c(-c2ccc(Br)cc2)csc1N=Cc1nc(-c2ccco2)oc1O. The van der Waals surface area contributed by atoms with E-state index in [1.165, 1.54) is 23.8 Å². The number of hydrogen-bond donors (Lipinski definition) is 1. The Balaban J connectivity index is 1.70. The Labute approximate surface area is 183 Å². The number of hydrogen-bond acceptors (Lipinski definition) is 8. The molecule has 4 aromatic rings. The van der Waals surface area contributed by atoms with Gasteiger partial charge in [-0.2, -0.15) is 0 Å². The normalized spacial score (nSPS) is 11.3. The monoisotopic (exact) mass is 486 g/mol. The summed E-state index contributed by atoms with van der Waals surface area (Å²) >= 11 is 4.70. The van der Waals surface area contributed by atoms with Crippen molar-refractivity contribution in [3.8, 4) is 28.7 Å². The number of carbonyl (C=O) groups is 1.